The smallest absolute Gasteiger partial charge is 0.379 e. The van der Waals surface area contributed by atoms with Crippen LogP contribution in [-0.4, -0.2) is 30.8 Å². The maximum Gasteiger partial charge on any atom is 0.417 e. The van der Waals surface area contributed by atoms with Crippen molar-refractivity contribution < 1.29 is 31.5 Å². The fourth-order valence-electron chi connectivity index (χ4n) is 2.80. The van der Waals surface area contributed by atoms with Gasteiger partial charge in [-0.1, -0.05) is 26.0 Å². The maximum absolute atomic E-state index is 13.1. The molecule has 2 N–H and O–H groups in total. The Bertz CT molecular complexity index is 1120. The molecule has 0 spiro atoms. The van der Waals surface area contributed by atoms with E-state index in [1.165, 1.54) is 18.2 Å². The van der Waals surface area contributed by atoms with E-state index in [0.29, 0.717) is 6.07 Å². The Hall–Kier alpha value is -2.90. The van der Waals surface area contributed by atoms with Gasteiger partial charge in [0, 0.05) is 5.69 Å². The molecule has 2 aromatic rings. The highest BCUT2D eigenvalue weighted by atomic mass is 32.2. The van der Waals surface area contributed by atoms with Crippen LogP contribution in [0.5, 0.6) is 0 Å². The molecule has 10 heteroatoms. The summed E-state index contributed by atoms with van der Waals surface area (Å²) in [5, 5.41) is 21.4. The summed E-state index contributed by atoms with van der Waals surface area (Å²) in [6, 6.07) is 9.88. The average Bonchev–Trinajstić information content (AvgIpc) is 2.66. The number of hydrogen-bond acceptors (Lipinski definition) is 5. The summed E-state index contributed by atoms with van der Waals surface area (Å²) < 4.78 is 64.5. The predicted octanol–water partition coefficient (Wildman–Crippen LogP) is 3.86. The summed E-state index contributed by atoms with van der Waals surface area (Å²) in [4.78, 5) is 12.3. The molecule has 0 heterocycles. The van der Waals surface area contributed by atoms with Gasteiger partial charge in [0.1, 0.15) is 0 Å². The van der Waals surface area contributed by atoms with Gasteiger partial charge in [-0.3, -0.25) is 4.79 Å². The Kier molecular flexibility index (Phi) is 6.83. The number of sulfone groups is 1. The average molecular weight is 454 g/mol. The Labute approximate surface area is 178 Å². The van der Waals surface area contributed by atoms with Crippen molar-refractivity contribution in [3.63, 3.8) is 0 Å². The Morgan fingerprint density at radius 3 is 2.23 bits per heavy atom. The second kappa shape index (κ2) is 8.69. The lowest BCUT2D eigenvalue weighted by Crippen LogP contribution is -2.45. The highest BCUT2D eigenvalue weighted by Gasteiger charge is 2.38. The third kappa shape index (κ3) is 5.83. The highest BCUT2D eigenvalue weighted by molar-refractivity contribution is 7.91. The van der Waals surface area contributed by atoms with Gasteiger partial charge in [0.25, 0.3) is 5.91 Å². The summed E-state index contributed by atoms with van der Waals surface area (Å²) in [6.07, 6.45) is -4.83. The van der Waals surface area contributed by atoms with Crippen molar-refractivity contribution in [2.75, 3.05) is 11.1 Å². The van der Waals surface area contributed by atoms with Gasteiger partial charge in [0.15, 0.2) is 15.4 Å². The molecule has 1 atom stereocenters. The fourth-order valence-corrected chi connectivity index (χ4v) is 4.39. The first-order valence-electron chi connectivity index (χ1n) is 9.15. The molecule has 0 aromatic heterocycles. The number of carbonyl (C=O) groups is 1. The summed E-state index contributed by atoms with van der Waals surface area (Å²) >= 11 is 0. The van der Waals surface area contributed by atoms with E-state index in [0.717, 1.165) is 24.6 Å². The van der Waals surface area contributed by atoms with Crippen molar-refractivity contribution in [2.24, 2.45) is 0 Å². The van der Waals surface area contributed by atoms with E-state index < -0.39 is 44.4 Å². The maximum atomic E-state index is 13.1. The van der Waals surface area contributed by atoms with Crippen LogP contribution in [0.15, 0.2) is 47.4 Å². The van der Waals surface area contributed by atoms with Crippen LogP contribution >= 0.6 is 0 Å². The van der Waals surface area contributed by atoms with Crippen LogP contribution in [0.1, 0.15) is 43.4 Å². The molecular formula is C21H21F3N2O4S. The van der Waals surface area contributed by atoms with Gasteiger partial charge in [0.2, 0.25) is 0 Å². The molecule has 31 heavy (non-hydrogen) atoms. The molecule has 0 radical (unpaired) electrons. The lowest BCUT2D eigenvalue weighted by molar-refractivity contribution is -0.137. The molecule has 6 nitrogen and oxygen atoms in total. The largest absolute Gasteiger partial charge is 0.417 e. The Balaban J connectivity index is 2.24. The van der Waals surface area contributed by atoms with Crippen molar-refractivity contribution in [3.05, 3.63) is 59.2 Å². The first kappa shape index (κ1) is 24.4. The van der Waals surface area contributed by atoms with Crippen molar-refractivity contribution in [3.8, 4) is 6.07 Å². The molecule has 0 aliphatic rings. The molecule has 1 amide bonds. The van der Waals surface area contributed by atoms with Gasteiger partial charge in [0.05, 0.1) is 27.8 Å². The van der Waals surface area contributed by atoms with Gasteiger partial charge in [-0.15, -0.1) is 0 Å². The molecule has 0 unspecified atom stereocenters. The van der Waals surface area contributed by atoms with Crippen LogP contribution in [-0.2, 0) is 20.8 Å². The number of benzene rings is 2. The summed E-state index contributed by atoms with van der Waals surface area (Å²) in [5.74, 6) is -2.00. The molecule has 166 valence electrons. The molecule has 0 aliphatic heterocycles. The molecule has 2 rings (SSSR count). The molecule has 0 saturated heterocycles. The van der Waals surface area contributed by atoms with E-state index in [1.807, 2.05) is 13.8 Å². The van der Waals surface area contributed by atoms with Crippen LogP contribution < -0.4 is 5.32 Å². The van der Waals surface area contributed by atoms with Crippen LogP contribution in [0.4, 0.5) is 18.9 Å². The van der Waals surface area contributed by atoms with E-state index in [9.17, 15) is 31.5 Å². The molecule has 0 bridgehead atoms. The molecule has 0 aliphatic carbocycles. The normalized spacial score (nSPS) is 14.0. The highest BCUT2D eigenvalue weighted by Crippen LogP contribution is 2.33. The second-order valence-electron chi connectivity index (χ2n) is 7.58. The SMILES string of the molecule is CC(C)c1ccc(S(=O)(=O)C[C@@](C)(O)C(=O)Nc2ccc(C#N)c(C(F)(F)F)c2)cc1. The van der Waals surface area contributed by atoms with E-state index in [1.54, 1.807) is 12.1 Å². The summed E-state index contributed by atoms with van der Waals surface area (Å²) in [6.45, 7) is 4.83. The zero-order valence-corrected chi connectivity index (χ0v) is 17.8. The third-order valence-electron chi connectivity index (χ3n) is 4.57. The lowest BCUT2D eigenvalue weighted by atomic mass is 10.0. The number of hydrogen-bond donors (Lipinski definition) is 2. The number of alkyl halides is 3. The number of amides is 1. The van der Waals surface area contributed by atoms with Crippen LogP contribution in [0.25, 0.3) is 0 Å². The van der Waals surface area contributed by atoms with Gasteiger partial charge >= 0.3 is 6.18 Å². The number of rotatable bonds is 6. The van der Waals surface area contributed by atoms with Crippen molar-refractivity contribution >= 4 is 21.4 Å². The number of nitriles is 1. The zero-order chi connectivity index (χ0) is 23.6. The standard InChI is InChI=1S/C21H21F3N2O4S/c1-13(2)14-5-8-17(9-6-14)31(29,30)12-20(3,28)19(27)26-16-7-4-15(11-25)18(10-16)21(22,23)24/h4-10,13,28H,12H2,1-3H3,(H,26,27)/t20-/m1/s1. The van der Waals surface area contributed by atoms with E-state index in [-0.39, 0.29) is 16.5 Å². The van der Waals surface area contributed by atoms with Crippen molar-refractivity contribution in [2.45, 2.75) is 43.4 Å². The van der Waals surface area contributed by atoms with Crippen molar-refractivity contribution in [1.82, 2.24) is 0 Å². The summed E-state index contributed by atoms with van der Waals surface area (Å²) in [5.41, 5.74) is -3.75. The molecule has 0 fully saturated rings. The van der Waals surface area contributed by atoms with Gasteiger partial charge in [-0.25, -0.2) is 8.42 Å². The molecular weight excluding hydrogens is 433 g/mol. The zero-order valence-electron chi connectivity index (χ0n) is 17.0. The van der Waals surface area contributed by atoms with Crippen molar-refractivity contribution in [1.29, 1.82) is 5.26 Å². The van der Waals surface area contributed by atoms with E-state index >= 15 is 0 Å². The minimum absolute atomic E-state index is 0.0947. The summed E-state index contributed by atoms with van der Waals surface area (Å²) in [7, 11) is -4.07. The number of anilines is 1. The molecule has 0 saturated carbocycles. The number of aliphatic hydroxyl groups is 1. The topological polar surface area (TPSA) is 107 Å². The predicted molar refractivity (Wildman–Crippen MR) is 108 cm³/mol. The third-order valence-corrected chi connectivity index (χ3v) is 6.50. The first-order valence-corrected chi connectivity index (χ1v) is 10.8. The quantitative estimate of drug-likeness (QED) is 0.689. The number of nitrogens with one attached hydrogen (secondary N) is 1. The van der Waals surface area contributed by atoms with E-state index in [4.69, 9.17) is 5.26 Å². The second-order valence-corrected chi connectivity index (χ2v) is 9.57. The Morgan fingerprint density at radius 1 is 1.16 bits per heavy atom. The van der Waals surface area contributed by atoms with E-state index in [2.05, 4.69) is 5.32 Å². The lowest BCUT2D eigenvalue weighted by Gasteiger charge is -2.22. The minimum Gasteiger partial charge on any atom is -0.379 e. The van der Waals surface area contributed by atoms with Gasteiger partial charge < -0.3 is 10.4 Å². The molecule has 2 aromatic carbocycles. The number of halogens is 3. The fraction of sp³-hybridized carbons (Fsp3) is 0.333. The first-order chi connectivity index (χ1) is 14.2. The van der Waals surface area contributed by atoms with Crippen LogP contribution in [0.2, 0.25) is 0 Å². The minimum atomic E-state index is -4.83. The van der Waals surface area contributed by atoms with Gasteiger partial charge in [-0.2, -0.15) is 18.4 Å². The Morgan fingerprint density at radius 2 is 1.74 bits per heavy atom. The van der Waals surface area contributed by atoms with Gasteiger partial charge in [-0.05, 0) is 48.7 Å². The van der Waals surface area contributed by atoms with Crippen LogP contribution in [0, 0.1) is 11.3 Å². The monoisotopic (exact) mass is 454 g/mol. The number of carbonyl (C=O) groups excluding carboxylic acids is 1. The number of nitrogens with zero attached hydrogens (tertiary/aromatic N) is 1. The van der Waals surface area contributed by atoms with Crippen LogP contribution in [0.3, 0.4) is 0 Å².